The summed E-state index contributed by atoms with van der Waals surface area (Å²) in [7, 11) is 0. The van der Waals surface area contributed by atoms with E-state index in [-0.39, 0.29) is 5.91 Å². The Balaban J connectivity index is 1.20. The SMILES string of the molecule is O=C(c1ccc(Cn2nnc3ccccc32)cc1)N1CC[NH+](Cc2cccs2)CC1. The molecule has 2 aromatic carbocycles. The first-order chi connectivity index (χ1) is 14.8. The number of nitrogens with one attached hydrogen (secondary N) is 1. The van der Waals surface area contributed by atoms with Crippen LogP contribution in [-0.2, 0) is 13.1 Å². The number of nitrogens with zero attached hydrogens (tertiary/aromatic N) is 4. The highest BCUT2D eigenvalue weighted by atomic mass is 32.1. The molecule has 0 bridgehead atoms. The Morgan fingerprint density at radius 1 is 1.00 bits per heavy atom. The van der Waals surface area contributed by atoms with Gasteiger partial charge in [-0.3, -0.25) is 4.79 Å². The second-order valence-electron chi connectivity index (χ2n) is 7.73. The summed E-state index contributed by atoms with van der Waals surface area (Å²) in [5, 5.41) is 10.6. The molecule has 0 saturated carbocycles. The molecule has 1 fully saturated rings. The van der Waals surface area contributed by atoms with E-state index in [1.165, 1.54) is 4.88 Å². The van der Waals surface area contributed by atoms with Crippen LogP contribution in [0.4, 0.5) is 0 Å². The summed E-state index contributed by atoms with van der Waals surface area (Å²) in [6.45, 7) is 5.33. The molecule has 5 rings (SSSR count). The Hall–Kier alpha value is -3.03. The van der Waals surface area contributed by atoms with Crippen LogP contribution in [0.5, 0.6) is 0 Å². The minimum Gasteiger partial charge on any atom is -0.328 e. The minimum atomic E-state index is 0.128. The summed E-state index contributed by atoms with van der Waals surface area (Å²) in [5.74, 6) is 0.128. The molecule has 2 aromatic heterocycles. The number of piperazine rings is 1. The largest absolute Gasteiger partial charge is 0.328 e. The van der Waals surface area contributed by atoms with Crippen molar-refractivity contribution < 1.29 is 9.69 Å². The highest BCUT2D eigenvalue weighted by Gasteiger charge is 2.24. The Labute approximate surface area is 179 Å². The zero-order valence-electron chi connectivity index (χ0n) is 16.7. The van der Waals surface area contributed by atoms with Crippen LogP contribution in [0, 0.1) is 0 Å². The molecule has 0 aliphatic carbocycles. The van der Waals surface area contributed by atoms with Crippen LogP contribution in [0.15, 0.2) is 66.0 Å². The lowest BCUT2D eigenvalue weighted by molar-refractivity contribution is -0.917. The van der Waals surface area contributed by atoms with E-state index in [1.807, 2.05) is 69.4 Å². The maximum absolute atomic E-state index is 12.9. The van der Waals surface area contributed by atoms with Crippen molar-refractivity contribution >= 4 is 28.3 Å². The molecule has 152 valence electrons. The highest BCUT2D eigenvalue weighted by Crippen LogP contribution is 2.14. The quantitative estimate of drug-likeness (QED) is 0.540. The third kappa shape index (κ3) is 3.99. The van der Waals surface area contributed by atoms with Gasteiger partial charge in [-0.1, -0.05) is 35.5 Å². The molecule has 1 aliphatic heterocycles. The molecule has 6 nitrogen and oxygen atoms in total. The summed E-state index contributed by atoms with van der Waals surface area (Å²) in [6, 6.07) is 20.1. The van der Waals surface area contributed by atoms with Crippen molar-refractivity contribution in [3.63, 3.8) is 0 Å². The number of carbonyl (C=O) groups is 1. The highest BCUT2D eigenvalue weighted by molar-refractivity contribution is 7.09. The molecule has 30 heavy (non-hydrogen) atoms. The Bertz CT molecular complexity index is 1130. The monoisotopic (exact) mass is 418 g/mol. The third-order valence-corrected chi connectivity index (χ3v) is 6.59. The Kier molecular flexibility index (Phi) is 5.29. The van der Waals surface area contributed by atoms with Gasteiger partial charge in [0.1, 0.15) is 12.1 Å². The summed E-state index contributed by atoms with van der Waals surface area (Å²) in [4.78, 5) is 17.9. The number of amides is 1. The molecule has 4 aromatic rings. The molecule has 1 N–H and O–H groups in total. The van der Waals surface area contributed by atoms with E-state index in [0.29, 0.717) is 6.54 Å². The van der Waals surface area contributed by atoms with E-state index in [1.54, 1.807) is 4.90 Å². The number of fused-ring (bicyclic) bond motifs is 1. The van der Waals surface area contributed by atoms with Crippen molar-refractivity contribution in [2.45, 2.75) is 13.1 Å². The fourth-order valence-electron chi connectivity index (χ4n) is 4.00. The number of quaternary nitrogens is 1. The number of thiophene rings is 1. The van der Waals surface area contributed by atoms with Gasteiger partial charge in [0, 0.05) is 5.56 Å². The van der Waals surface area contributed by atoms with Gasteiger partial charge in [0.05, 0.1) is 43.1 Å². The Morgan fingerprint density at radius 3 is 2.57 bits per heavy atom. The summed E-state index contributed by atoms with van der Waals surface area (Å²) in [5.41, 5.74) is 3.77. The van der Waals surface area contributed by atoms with Gasteiger partial charge in [0.15, 0.2) is 0 Å². The normalized spacial score (nSPS) is 15.0. The molecule has 3 heterocycles. The fourth-order valence-corrected chi connectivity index (χ4v) is 4.78. The first-order valence-electron chi connectivity index (χ1n) is 10.3. The van der Waals surface area contributed by atoms with E-state index >= 15 is 0 Å². The second kappa shape index (κ2) is 8.38. The number of hydrogen-bond donors (Lipinski definition) is 1. The molecule has 1 saturated heterocycles. The van der Waals surface area contributed by atoms with E-state index in [9.17, 15) is 4.79 Å². The molecular formula is C23H24N5OS+. The molecule has 0 atom stereocenters. The van der Waals surface area contributed by atoms with E-state index < -0.39 is 0 Å². The first kappa shape index (κ1) is 19.0. The van der Waals surface area contributed by atoms with Crippen LogP contribution >= 0.6 is 11.3 Å². The van der Waals surface area contributed by atoms with Gasteiger partial charge < -0.3 is 9.80 Å². The van der Waals surface area contributed by atoms with E-state index in [2.05, 4.69) is 27.8 Å². The zero-order chi connectivity index (χ0) is 20.3. The number of aromatic nitrogens is 3. The predicted molar refractivity (Wildman–Crippen MR) is 118 cm³/mol. The smallest absolute Gasteiger partial charge is 0.254 e. The molecule has 0 unspecified atom stereocenters. The second-order valence-corrected chi connectivity index (χ2v) is 8.76. The van der Waals surface area contributed by atoms with Crippen molar-refractivity contribution in [2.24, 2.45) is 0 Å². The zero-order valence-corrected chi connectivity index (χ0v) is 17.5. The molecule has 0 spiro atoms. The maximum atomic E-state index is 12.9. The van der Waals surface area contributed by atoms with E-state index in [4.69, 9.17) is 0 Å². The van der Waals surface area contributed by atoms with Gasteiger partial charge >= 0.3 is 0 Å². The van der Waals surface area contributed by atoms with Crippen LogP contribution in [0.1, 0.15) is 20.8 Å². The van der Waals surface area contributed by atoms with Gasteiger partial charge in [-0.15, -0.1) is 16.4 Å². The molecule has 0 radical (unpaired) electrons. The number of para-hydroxylation sites is 1. The van der Waals surface area contributed by atoms with E-state index in [0.717, 1.165) is 54.9 Å². The van der Waals surface area contributed by atoms with Crippen molar-refractivity contribution in [3.05, 3.63) is 82.0 Å². The molecule has 1 aliphatic rings. The standard InChI is InChI=1S/C23H23N5OS/c29-23(27-13-11-26(12-14-27)17-20-4-3-15-30-20)19-9-7-18(8-10-19)16-28-22-6-2-1-5-21(22)24-25-28/h1-10,15H,11-14,16-17H2/p+1. The number of rotatable bonds is 5. The fraction of sp³-hybridized carbons (Fsp3) is 0.261. The van der Waals surface area contributed by atoms with Crippen molar-refractivity contribution in [1.82, 2.24) is 19.9 Å². The van der Waals surface area contributed by atoms with Gasteiger partial charge in [0.2, 0.25) is 0 Å². The third-order valence-electron chi connectivity index (χ3n) is 5.72. The topological polar surface area (TPSA) is 55.5 Å². The molecule has 7 heteroatoms. The Morgan fingerprint density at radius 2 is 1.80 bits per heavy atom. The number of hydrogen-bond acceptors (Lipinski definition) is 4. The van der Waals surface area contributed by atoms with Crippen LogP contribution in [0.25, 0.3) is 11.0 Å². The predicted octanol–water partition coefficient (Wildman–Crippen LogP) is 2.08. The van der Waals surface area contributed by atoms with Crippen LogP contribution < -0.4 is 4.90 Å². The summed E-state index contributed by atoms with van der Waals surface area (Å²) in [6.07, 6.45) is 0. The minimum absolute atomic E-state index is 0.128. The number of carbonyl (C=O) groups excluding carboxylic acids is 1. The van der Waals surface area contributed by atoms with Gasteiger partial charge in [-0.25, -0.2) is 4.68 Å². The lowest BCUT2D eigenvalue weighted by Gasteiger charge is -2.32. The summed E-state index contributed by atoms with van der Waals surface area (Å²) < 4.78 is 1.89. The average molecular weight is 419 g/mol. The lowest BCUT2D eigenvalue weighted by atomic mass is 10.1. The summed E-state index contributed by atoms with van der Waals surface area (Å²) >= 11 is 1.81. The lowest BCUT2D eigenvalue weighted by Crippen LogP contribution is -3.13. The average Bonchev–Trinajstić information content (AvgIpc) is 3.45. The van der Waals surface area contributed by atoms with Crippen LogP contribution in [0.2, 0.25) is 0 Å². The van der Waals surface area contributed by atoms with Crippen molar-refractivity contribution in [1.29, 1.82) is 0 Å². The van der Waals surface area contributed by atoms with Crippen LogP contribution in [0.3, 0.4) is 0 Å². The van der Waals surface area contributed by atoms with Crippen molar-refractivity contribution in [3.8, 4) is 0 Å². The van der Waals surface area contributed by atoms with Gasteiger partial charge in [0.25, 0.3) is 5.91 Å². The molecular weight excluding hydrogens is 394 g/mol. The van der Waals surface area contributed by atoms with Gasteiger partial charge in [-0.05, 0) is 41.3 Å². The number of benzene rings is 2. The maximum Gasteiger partial charge on any atom is 0.254 e. The van der Waals surface area contributed by atoms with Crippen molar-refractivity contribution in [2.75, 3.05) is 26.2 Å². The molecule has 1 amide bonds. The van der Waals surface area contributed by atoms with Gasteiger partial charge in [-0.2, -0.15) is 0 Å². The first-order valence-corrected chi connectivity index (χ1v) is 11.2. The van der Waals surface area contributed by atoms with Crippen LogP contribution in [-0.4, -0.2) is 52.0 Å².